The van der Waals surface area contributed by atoms with Crippen molar-refractivity contribution in [3.05, 3.63) is 62.8 Å². The molecule has 0 saturated carbocycles. The van der Waals surface area contributed by atoms with Crippen molar-refractivity contribution < 1.29 is 9.18 Å². The van der Waals surface area contributed by atoms with Gasteiger partial charge in [-0.3, -0.25) is 4.79 Å². The highest BCUT2D eigenvalue weighted by molar-refractivity contribution is 9.10. The Balaban J connectivity index is 2.14. The van der Waals surface area contributed by atoms with Crippen molar-refractivity contribution in [3.8, 4) is 0 Å². The molecule has 0 bridgehead atoms. The SMILES string of the molecule is O=C1Nc2cc(Br)ccc2/C1=C/c1cccc(Cl)c1F. The highest BCUT2D eigenvalue weighted by Gasteiger charge is 2.24. The molecule has 0 saturated heterocycles. The van der Waals surface area contributed by atoms with Gasteiger partial charge in [0, 0.05) is 21.2 Å². The van der Waals surface area contributed by atoms with Crippen molar-refractivity contribution in [3.63, 3.8) is 0 Å². The maximum Gasteiger partial charge on any atom is 0.256 e. The van der Waals surface area contributed by atoms with Crippen LogP contribution in [0.5, 0.6) is 0 Å². The molecule has 20 heavy (non-hydrogen) atoms. The lowest BCUT2D eigenvalue weighted by molar-refractivity contribution is -0.110. The van der Waals surface area contributed by atoms with E-state index in [-0.39, 0.29) is 10.9 Å². The Morgan fingerprint density at radius 1 is 1.25 bits per heavy atom. The molecule has 2 nitrogen and oxygen atoms in total. The monoisotopic (exact) mass is 351 g/mol. The van der Waals surface area contributed by atoms with Crippen LogP contribution in [0.2, 0.25) is 5.02 Å². The van der Waals surface area contributed by atoms with Crippen molar-refractivity contribution in [2.75, 3.05) is 5.32 Å². The average molecular weight is 353 g/mol. The van der Waals surface area contributed by atoms with E-state index in [1.165, 1.54) is 12.1 Å². The topological polar surface area (TPSA) is 29.1 Å². The molecule has 100 valence electrons. The second-order valence-electron chi connectivity index (χ2n) is 4.35. The second-order valence-corrected chi connectivity index (χ2v) is 5.67. The van der Waals surface area contributed by atoms with E-state index in [9.17, 15) is 9.18 Å². The Kier molecular flexibility index (Phi) is 3.36. The van der Waals surface area contributed by atoms with Crippen molar-refractivity contribution >= 4 is 50.8 Å². The minimum atomic E-state index is -0.528. The zero-order chi connectivity index (χ0) is 14.3. The molecule has 2 aromatic rings. The van der Waals surface area contributed by atoms with Crippen LogP contribution in [0, 0.1) is 5.82 Å². The predicted octanol–water partition coefficient (Wildman–Crippen LogP) is 4.73. The number of benzene rings is 2. The molecule has 1 aliphatic heterocycles. The third-order valence-corrected chi connectivity index (χ3v) is 3.83. The number of rotatable bonds is 1. The fraction of sp³-hybridized carbons (Fsp3) is 0. The summed E-state index contributed by atoms with van der Waals surface area (Å²) in [5.41, 5.74) is 2.17. The molecule has 0 spiro atoms. The quantitative estimate of drug-likeness (QED) is 0.738. The molecule has 0 aliphatic carbocycles. The molecule has 0 aromatic heterocycles. The van der Waals surface area contributed by atoms with Crippen LogP contribution < -0.4 is 5.32 Å². The lowest BCUT2D eigenvalue weighted by Gasteiger charge is -2.01. The molecule has 2 aromatic carbocycles. The standard InChI is InChI=1S/C15H8BrClFNO/c16-9-4-5-10-11(15(20)19-13(10)7-9)6-8-2-1-3-12(17)14(8)18/h1-7H,(H,19,20)/b11-6-. The third kappa shape index (κ3) is 2.25. The van der Waals surface area contributed by atoms with Gasteiger partial charge in [0.15, 0.2) is 0 Å². The third-order valence-electron chi connectivity index (χ3n) is 3.05. The number of carbonyl (C=O) groups is 1. The summed E-state index contributed by atoms with van der Waals surface area (Å²) in [5, 5.41) is 2.79. The Bertz CT molecular complexity index is 758. The second kappa shape index (κ2) is 5.04. The van der Waals surface area contributed by atoms with Crippen molar-refractivity contribution in [1.82, 2.24) is 0 Å². The summed E-state index contributed by atoms with van der Waals surface area (Å²) in [7, 11) is 0. The van der Waals surface area contributed by atoms with Gasteiger partial charge in [0.25, 0.3) is 5.91 Å². The Hall–Kier alpha value is -1.65. The summed E-state index contributed by atoms with van der Waals surface area (Å²) in [6.07, 6.45) is 1.51. The molecule has 3 rings (SSSR count). The Morgan fingerprint density at radius 2 is 2.05 bits per heavy atom. The molecule has 1 aliphatic rings. The van der Waals surface area contributed by atoms with Crippen LogP contribution in [-0.2, 0) is 4.79 Å². The summed E-state index contributed by atoms with van der Waals surface area (Å²) in [6, 6.07) is 10.2. The number of carbonyl (C=O) groups excluding carboxylic acids is 1. The van der Waals surface area contributed by atoms with E-state index in [1.54, 1.807) is 12.1 Å². The molecule has 0 fully saturated rings. The molecule has 5 heteroatoms. The van der Waals surface area contributed by atoms with Gasteiger partial charge in [0.05, 0.1) is 10.7 Å². The minimum absolute atomic E-state index is 0.0359. The molecule has 0 radical (unpaired) electrons. The number of fused-ring (bicyclic) bond motifs is 1. The lowest BCUT2D eigenvalue weighted by Crippen LogP contribution is -2.03. The van der Waals surface area contributed by atoms with Gasteiger partial charge >= 0.3 is 0 Å². The smallest absolute Gasteiger partial charge is 0.256 e. The highest BCUT2D eigenvalue weighted by Crippen LogP contribution is 2.35. The highest BCUT2D eigenvalue weighted by atomic mass is 79.9. The molecule has 1 amide bonds. The number of halogens is 3. The van der Waals surface area contributed by atoms with Crippen LogP contribution in [0.1, 0.15) is 11.1 Å². The van der Waals surface area contributed by atoms with Crippen LogP contribution in [0.25, 0.3) is 11.6 Å². The normalized spacial score (nSPS) is 15.3. The molecular weight excluding hydrogens is 345 g/mol. The van der Waals surface area contributed by atoms with Crippen LogP contribution in [-0.4, -0.2) is 5.91 Å². The van der Waals surface area contributed by atoms with Crippen molar-refractivity contribution in [1.29, 1.82) is 0 Å². The zero-order valence-corrected chi connectivity index (χ0v) is 12.4. The van der Waals surface area contributed by atoms with E-state index in [1.807, 2.05) is 18.2 Å². The first-order valence-corrected chi connectivity index (χ1v) is 7.00. The van der Waals surface area contributed by atoms with Gasteiger partial charge in [-0.15, -0.1) is 0 Å². The maximum absolute atomic E-state index is 13.9. The molecule has 0 unspecified atom stereocenters. The van der Waals surface area contributed by atoms with Gasteiger partial charge in [-0.2, -0.15) is 0 Å². The molecule has 1 heterocycles. The first-order chi connectivity index (χ1) is 9.56. The van der Waals surface area contributed by atoms with Gasteiger partial charge in [0.2, 0.25) is 0 Å². The summed E-state index contributed by atoms with van der Waals surface area (Å²) >= 11 is 9.09. The van der Waals surface area contributed by atoms with Crippen molar-refractivity contribution in [2.45, 2.75) is 0 Å². The van der Waals surface area contributed by atoms with Gasteiger partial charge in [-0.25, -0.2) is 4.39 Å². The summed E-state index contributed by atoms with van der Waals surface area (Å²) in [6.45, 7) is 0. The summed E-state index contributed by atoms with van der Waals surface area (Å²) in [5.74, 6) is -0.780. The molecular formula is C15H8BrClFNO. The van der Waals surface area contributed by atoms with Crippen LogP contribution >= 0.6 is 27.5 Å². The van der Waals surface area contributed by atoms with E-state index < -0.39 is 5.82 Å². The minimum Gasteiger partial charge on any atom is -0.321 e. The number of nitrogens with one attached hydrogen (secondary N) is 1. The van der Waals surface area contributed by atoms with Gasteiger partial charge in [-0.1, -0.05) is 45.7 Å². The van der Waals surface area contributed by atoms with Gasteiger partial charge < -0.3 is 5.32 Å². The van der Waals surface area contributed by atoms with Gasteiger partial charge in [-0.05, 0) is 24.3 Å². The fourth-order valence-corrected chi connectivity index (χ4v) is 2.64. The number of hydrogen-bond donors (Lipinski definition) is 1. The lowest BCUT2D eigenvalue weighted by atomic mass is 10.0. The summed E-state index contributed by atoms with van der Waals surface area (Å²) in [4.78, 5) is 12.0. The Labute approximate surface area is 128 Å². The fourth-order valence-electron chi connectivity index (χ4n) is 2.10. The summed E-state index contributed by atoms with van der Waals surface area (Å²) < 4.78 is 14.8. The van der Waals surface area contributed by atoms with E-state index in [0.717, 1.165) is 10.0 Å². The van der Waals surface area contributed by atoms with E-state index in [2.05, 4.69) is 21.2 Å². The van der Waals surface area contributed by atoms with Gasteiger partial charge in [0.1, 0.15) is 5.82 Å². The van der Waals surface area contributed by atoms with Crippen LogP contribution in [0.3, 0.4) is 0 Å². The van der Waals surface area contributed by atoms with E-state index >= 15 is 0 Å². The Morgan fingerprint density at radius 3 is 2.85 bits per heavy atom. The largest absolute Gasteiger partial charge is 0.321 e. The number of hydrogen-bond acceptors (Lipinski definition) is 1. The number of amides is 1. The first-order valence-electron chi connectivity index (χ1n) is 5.83. The first kappa shape index (κ1) is 13.3. The maximum atomic E-state index is 13.9. The van der Waals surface area contributed by atoms with E-state index in [4.69, 9.17) is 11.6 Å². The van der Waals surface area contributed by atoms with E-state index in [0.29, 0.717) is 16.8 Å². The average Bonchev–Trinajstić information content (AvgIpc) is 2.70. The number of anilines is 1. The van der Waals surface area contributed by atoms with Crippen LogP contribution in [0.15, 0.2) is 40.9 Å². The molecule has 0 atom stereocenters. The molecule has 1 N–H and O–H groups in total. The van der Waals surface area contributed by atoms with Crippen molar-refractivity contribution in [2.24, 2.45) is 0 Å². The van der Waals surface area contributed by atoms with Crippen LogP contribution in [0.4, 0.5) is 10.1 Å². The zero-order valence-electron chi connectivity index (χ0n) is 10.1. The predicted molar refractivity (Wildman–Crippen MR) is 82.1 cm³/mol.